The lowest BCUT2D eigenvalue weighted by atomic mass is 10.2. The Bertz CT molecular complexity index is 852. The molecular formula is C13H12ClN5O. The quantitative estimate of drug-likeness (QED) is 0.724. The molecule has 2 heterocycles. The first-order valence-electron chi connectivity index (χ1n) is 5.97. The Hall–Kier alpha value is -2.34. The number of fused-ring (bicyclic) bond motifs is 1. The van der Waals surface area contributed by atoms with Crippen molar-refractivity contribution in [3.63, 3.8) is 0 Å². The summed E-state index contributed by atoms with van der Waals surface area (Å²) in [6.07, 6.45) is 3.01. The molecule has 0 saturated heterocycles. The summed E-state index contributed by atoms with van der Waals surface area (Å²) in [6.45, 7) is 0.320. The summed E-state index contributed by atoms with van der Waals surface area (Å²) < 4.78 is 3.05. The molecule has 3 rings (SSSR count). The first-order valence-corrected chi connectivity index (χ1v) is 6.35. The van der Waals surface area contributed by atoms with Crippen LogP contribution in [0.1, 0.15) is 5.56 Å². The van der Waals surface area contributed by atoms with Gasteiger partial charge < -0.3 is 5.73 Å². The Kier molecular flexibility index (Phi) is 2.94. The van der Waals surface area contributed by atoms with E-state index in [0.717, 1.165) is 5.56 Å². The number of halogens is 1. The van der Waals surface area contributed by atoms with E-state index in [0.29, 0.717) is 28.3 Å². The number of anilines is 1. The van der Waals surface area contributed by atoms with Gasteiger partial charge in [-0.25, -0.2) is 4.98 Å². The Morgan fingerprint density at radius 3 is 3.00 bits per heavy atom. The van der Waals surface area contributed by atoms with Crippen LogP contribution in [-0.4, -0.2) is 19.3 Å². The van der Waals surface area contributed by atoms with E-state index in [-0.39, 0.29) is 5.56 Å². The summed E-state index contributed by atoms with van der Waals surface area (Å²) in [6, 6.07) is 5.19. The van der Waals surface area contributed by atoms with Gasteiger partial charge in [-0.05, 0) is 23.8 Å². The SMILES string of the molecule is Cn1ncc2c(=O)n(Cc3cc(N)ccc3Cl)cnc21. The number of hydrogen-bond donors (Lipinski definition) is 1. The molecule has 3 aromatic rings. The van der Waals surface area contributed by atoms with E-state index in [1.165, 1.54) is 17.1 Å². The fourth-order valence-corrected chi connectivity index (χ4v) is 2.26. The molecule has 0 unspecified atom stereocenters. The number of rotatable bonds is 2. The van der Waals surface area contributed by atoms with Gasteiger partial charge in [-0.3, -0.25) is 14.0 Å². The highest BCUT2D eigenvalue weighted by atomic mass is 35.5. The molecule has 0 amide bonds. The Balaban J connectivity index is 2.09. The third kappa shape index (κ3) is 2.04. The van der Waals surface area contributed by atoms with Crippen LogP contribution < -0.4 is 11.3 Å². The van der Waals surface area contributed by atoms with Crippen molar-refractivity contribution >= 4 is 28.3 Å². The number of aryl methyl sites for hydroxylation is 1. The molecular weight excluding hydrogens is 278 g/mol. The van der Waals surface area contributed by atoms with Gasteiger partial charge in [0, 0.05) is 17.8 Å². The lowest BCUT2D eigenvalue weighted by Gasteiger charge is -2.08. The predicted molar refractivity (Wildman–Crippen MR) is 77.7 cm³/mol. The third-order valence-electron chi connectivity index (χ3n) is 3.13. The van der Waals surface area contributed by atoms with Crippen molar-refractivity contribution in [3.8, 4) is 0 Å². The summed E-state index contributed by atoms with van der Waals surface area (Å²) in [5, 5.41) is 5.08. The molecule has 0 aliphatic rings. The average Bonchev–Trinajstić information content (AvgIpc) is 2.79. The van der Waals surface area contributed by atoms with Crippen LogP contribution >= 0.6 is 11.6 Å². The number of aromatic nitrogens is 4. The summed E-state index contributed by atoms with van der Waals surface area (Å²) in [5.41, 5.74) is 7.53. The lowest BCUT2D eigenvalue weighted by molar-refractivity contribution is 0.738. The van der Waals surface area contributed by atoms with E-state index in [1.54, 1.807) is 29.9 Å². The summed E-state index contributed by atoms with van der Waals surface area (Å²) in [4.78, 5) is 16.6. The highest BCUT2D eigenvalue weighted by molar-refractivity contribution is 6.31. The molecule has 0 radical (unpaired) electrons. The fourth-order valence-electron chi connectivity index (χ4n) is 2.08. The maximum Gasteiger partial charge on any atom is 0.264 e. The van der Waals surface area contributed by atoms with Crippen LogP contribution in [-0.2, 0) is 13.6 Å². The minimum absolute atomic E-state index is 0.151. The second-order valence-electron chi connectivity index (χ2n) is 4.53. The maximum absolute atomic E-state index is 12.3. The number of benzene rings is 1. The molecule has 2 N–H and O–H groups in total. The molecule has 6 nitrogen and oxygen atoms in total. The van der Waals surface area contributed by atoms with Gasteiger partial charge in [0.1, 0.15) is 11.7 Å². The van der Waals surface area contributed by atoms with Crippen molar-refractivity contribution < 1.29 is 0 Å². The topological polar surface area (TPSA) is 78.7 Å². The van der Waals surface area contributed by atoms with Crippen molar-refractivity contribution in [2.75, 3.05) is 5.73 Å². The zero-order valence-corrected chi connectivity index (χ0v) is 11.5. The van der Waals surface area contributed by atoms with Crippen LogP contribution in [0.3, 0.4) is 0 Å². The molecule has 0 saturated carbocycles. The molecule has 0 atom stereocenters. The van der Waals surface area contributed by atoms with Gasteiger partial charge in [0.2, 0.25) is 0 Å². The monoisotopic (exact) mass is 289 g/mol. The van der Waals surface area contributed by atoms with Crippen molar-refractivity contribution in [1.29, 1.82) is 0 Å². The number of nitrogens with two attached hydrogens (primary N) is 1. The molecule has 0 bridgehead atoms. The van der Waals surface area contributed by atoms with Gasteiger partial charge in [-0.2, -0.15) is 5.10 Å². The van der Waals surface area contributed by atoms with Gasteiger partial charge in [-0.15, -0.1) is 0 Å². The third-order valence-corrected chi connectivity index (χ3v) is 3.50. The van der Waals surface area contributed by atoms with E-state index in [1.807, 2.05) is 0 Å². The predicted octanol–water partition coefficient (Wildman–Crippen LogP) is 1.41. The number of hydrogen-bond acceptors (Lipinski definition) is 4. The zero-order chi connectivity index (χ0) is 14.3. The minimum Gasteiger partial charge on any atom is -0.399 e. The van der Waals surface area contributed by atoms with E-state index in [9.17, 15) is 4.79 Å². The molecule has 2 aromatic heterocycles. The van der Waals surface area contributed by atoms with E-state index in [2.05, 4.69) is 10.1 Å². The normalized spacial score (nSPS) is 11.1. The Labute approximate surface area is 119 Å². The highest BCUT2D eigenvalue weighted by Crippen LogP contribution is 2.19. The van der Waals surface area contributed by atoms with Gasteiger partial charge in [0.05, 0.1) is 12.7 Å². The number of nitrogens with zero attached hydrogens (tertiary/aromatic N) is 4. The number of nitrogen functional groups attached to an aromatic ring is 1. The molecule has 1 aromatic carbocycles. The summed E-state index contributed by atoms with van der Waals surface area (Å²) >= 11 is 6.11. The molecule has 0 fully saturated rings. The Morgan fingerprint density at radius 1 is 1.40 bits per heavy atom. The van der Waals surface area contributed by atoms with E-state index >= 15 is 0 Å². The van der Waals surface area contributed by atoms with Gasteiger partial charge in [-0.1, -0.05) is 11.6 Å². The van der Waals surface area contributed by atoms with Crippen molar-refractivity contribution in [1.82, 2.24) is 19.3 Å². The van der Waals surface area contributed by atoms with Crippen molar-refractivity contribution in [2.24, 2.45) is 7.05 Å². The first-order chi connectivity index (χ1) is 9.56. The van der Waals surface area contributed by atoms with Crippen LogP contribution in [0.4, 0.5) is 5.69 Å². The molecule has 102 valence electrons. The molecule has 0 spiro atoms. The summed E-state index contributed by atoms with van der Waals surface area (Å²) in [5.74, 6) is 0. The maximum atomic E-state index is 12.3. The smallest absolute Gasteiger partial charge is 0.264 e. The average molecular weight is 290 g/mol. The standard InChI is InChI=1S/C13H12ClN5O/c1-18-12-10(5-17-18)13(20)19(7-16-12)6-8-4-9(15)2-3-11(8)14/h2-5,7H,6,15H2,1H3. The molecule has 7 heteroatoms. The van der Waals surface area contributed by atoms with E-state index in [4.69, 9.17) is 17.3 Å². The van der Waals surface area contributed by atoms with Crippen LogP contribution in [0, 0.1) is 0 Å². The fraction of sp³-hybridized carbons (Fsp3) is 0.154. The first kappa shape index (κ1) is 12.7. The van der Waals surface area contributed by atoms with Gasteiger partial charge in [0.15, 0.2) is 5.65 Å². The highest BCUT2D eigenvalue weighted by Gasteiger charge is 2.09. The van der Waals surface area contributed by atoms with Crippen LogP contribution in [0.15, 0.2) is 35.5 Å². The lowest BCUT2D eigenvalue weighted by Crippen LogP contribution is -2.21. The minimum atomic E-state index is -0.151. The van der Waals surface area contributed by atoms with Crippen LogP contribution in [0.25, 0.3) is 11.0 Å². The van der Waals surface area contributed by atoms with Gasteiger partial charge in [0.25, 0.3) is 5.56 Å². The van der Waals surface area contributed by atoms with Crippen LogP contribution in [0.5, 0.6) is 0 Å². The second-order valence-corrected chi connectivity index (χ2v) is 4.94. The molecule has 0 aliphatic heterocycles. The summed E-state index contributed by atoms with van der Waals surface area (Å²) in [7, 11) is 1.74. The Morgan fingerprint density at radius 2 is 2.20 bits per heavy atom. The van der Waals surface area contributed by atoms with Crippen molar-refractivity contribution in [2.45, 2.75) is 6.54 Å². The van der Waals surface area contributed by atoms with Crippen molar-refractivity contribution in [3.05, 3.63) is 51.7 Å². The van der Waals surface area contributed by atoms with Crippen LogP contribution in [0.2, 0.25) is 5.02 Å². The zero-order valence-electron chi connectivity index (χ0n) is 10.7. The molecule has 0 aliphatic carbocycles. The van der Waals surface area contributed by atoms with E-state index < -0.39 is 0 Å². The van der Waals surface area contributed by atoms with Gasteiger partial charge >= 0.3 is 0 Å². The largest absolute Gasteiger partial charge is 0.399 e. The molecule has 20 heavy (non-hydrogen) atoms. The second kappa shape index (κ2) is 4.64.